The first-order valence-electron chi connectivity index (χ1n) is 10.6. The topological polar surface area (TPSA) is 114 Å². The van der Waals surface area contributed by atoms with Gasteiger partial charge in [0.05, 0.1) is 4.90 Å². The van der Waals surface area contributed by atoms with Crippen LogP contribution in [0.1, 0.15) is 66.3 Å². The van der Waals surface area contributed by atoms with Crippen LogP contribution < -0.4 is 10.0 Å². The summed E-state index contributed by atoms with van der Waals surface area (Å²) in [5.74, 6) is 0.970. The summed E-state index contributed by atoms with van der Waals surface area (Å²) in [6, 6.07) is 12.5. The summed E-state index contributed by atoms with van der Waals surface area (Å²) in [7, 11) is -3.85. The van der Waals surface area contributed by atoms with Crippen LogP contribution in [0.3, 0.4) is 0 Å². The molecule has 168 valence electrons. The number of carbonyl (C=O) groups is 1. The largest absolute Gasteiger partial charge is 0.340 e. The Morgan fingerprint density at radius 2 is 1.84 bits per heavy atom. The predicted molar refractivity (Wildman–Crippen MR) is 120 cm³/mol. The molecule has 1 saturated carbocycles. The molecule has 1 aromatic heterocycles. The second-order valence-electron chi connectivity index (χ2n) is 8.46. The summed E-state index contributed by atoms with van der Waals surface area (Å²) >= 11 is 0. The third-order valence-corrected chi connectivity index (χ3v) is 6.71. The molecule has 32 heavy (non-hydrogen) atoms. The molecule has 9 heteroatoms. The number of nitrogens with one attached hydrogen (secondary N) is 2. The van der Waals surface area contributed by atoms with E-state index in [0.29, 0.717) is 23.3 Å². The SMILES string of the molecule is Cc1ccc(NS(=O)(=O)c2cccc(C(=O)NC(c3nc(C4CC4)no3)C(C)C)c2)cc1. The van der Waals surface area contributed by atoms with Crippen molar-refractivity contribution in [1.82, 2.24) is 15.5 Å². The van der Waals surface area contributed by atoms with Gasteiger partial charge in [-0.1, -0.05) is 42.8 Å². The average Bonchev–Trinajstić information content (AvgIpc) is 3.50. The van der Waals surface area contributed by atoms with Crippen molar-refractivity contribution in [1.29, 1.82) is 0 Å². The summed E-state index contributed by atoms with van der Waals surface area (Å²) < 4.78 is 33.6. The van der Waals surface area contributed by atoms with Gasteiger partial charge in [-0.25, -0.2) is 8.42 Å². The monoisotopic (exact) mass is 454 g/mol. The number of rotatable bonds is 8. The first kappa shape index (κ1) is 22.0. The Bertz CT molecular complexity index is 1210. The van der Waals surface area contributed by atoms with E-state index in [2.05, 4.69) is 20.2 Å². The maximum atomic E-state index is 12.9. The van der Waals surface area contributed by atoms with E-state index in [9.17, 15) is 13.2 Å². The van der Waals surface area contributed by atoms with E-state index in [1.165, 1.54) is 12.1 Å². The molecule has 0 aliphatic heterocycles. The van der Waals surface area contributed by atoms with Crippen molar-refractivity contribution in [2.45, 2.75) is 50.5 Å². The number of aryl methyl sites for hydroxylation is 1. The first-order chi connectivity index (χ1) is 15.2. The highest BCUT2D eigenvalue weighted by atomic mass is 32.2. The van der Waals surface area contributed by atoms with E-state index < -0.39 is 22.0 Å². The van der Waals surface area contributed by atoms with Crippen molar-refractivity contribution in [3.63, 3.8) is 0 Å². The zero-order chi connectivity index (χ0) is 22.9. The molecule has 1 fully saturated rings. The Labute approximate surface area is 187 Å². The molecule has 0 radical (unpaired) electrons. The van der Waals surface area contributed by atoms with Crippen LogP contribution in [0.2, 0.25) is 0 Å². The molecule has 2 aromatic carbocycles. The summed E-state index contributed by atoms with van der Waals surface area (Å²) in [6.07, 6.45) is 2.10. The molecule has 8 nitrogen and oxygen atoms in total. The number of hydrogen-bond donors (Lipinski definition) is 2. The van der Waals surface area contributed by atoms with Crippen LogP contribution in [0.15, 0.2) is 57.9 Å². The van der Waals surface area contributed by atoms with Crippen molar-refractivity contribution >= 4 is 21.6 Å². The number of anilines is 1. The van der Waals surface area contributed by atoms with Crippen LogP contribution in [0.25, 0.3) is 0 Å². The molecule has 1 unspecified atom stereocenters. The summed E-state index contributed by atoms with van der Waals surface area (Å²) in [6.45, 7) is 5.81. The van der Waals surface area contributed by atoms with Crippen LogP contribution in [-0.4, -0.2) is 24.5 Å². The molecule has 4 rings (SSSR count). The van der Waals surface area contributed by atoms with E-state index in [4.69, 9.17) is 4.52 Å². The number of amides is 1. The van der Waals surface area contributed by atoms with Crippen LogP contribution in [0.4, 0.5) is 5.69 Å². The fraction of sp³-hybridized carbons (Fsp3) is 0.348. The molecule has 3 aromatic rings. The van der Waals surface area contributed by atoms with Crippen molar-refractivity contribution in [2.24, 2.45) is 5.92 Å². The average molecular weight is 455 g/mol. The smallest absolute Gasteiger partial charge is 0.261 e. The Balaban J connectivity index is 1.52. The maximum absolute atomic E-state index is 12.9. The van der Waals surface area contributed by atoms with E-state index >= 15 is 0 Å². The molecule has 0 bridgehead atoms. The third kappa shape index (κ3) is 4.99. The van der Waals surface area contributed by atoms with Crippen LogP contribution >= 0.6 is 0 Å². The van der Waals surface area contributed by atoms with Gasteiger partial charge in [-0.05, 0) is 56.0 Å². The minimum Gasteiger partial charge on any atom is -0.340 e. The highest BCUT2D eigenvalue weighted by Gasteiger charge is 2.32. The molecule has 2 N–H and O–H groups in total. The van der Waals surface area contributed by atoms with Gasteiger partial charge in [-0.15, -0.1) is 0 Å². The number of hydrogen-bond acceptors (Lipinski definition) is 6. The van der Waals surface area contributed by atoms with Crippen molar-refractivity contribution in [2.75, 3.05) is 4.72 Å². The van der Waals surface area contributed by atoms with E-state index in [1.54, 1.807) is 24.3 Å². The molecule has 0 saturated heterocycles. The Morgan fingerprint density at radius 1 is 1.12 bits per heavy atom. The lowest BCUT2D eigenvalue weighted by Crippen LogP contribution is -2.32. The number of sulfonamides is 1. The fourth-order valence-electron chi connectivity index (χ4n) is 3.26. The number of aromatic nitrogens is 2. The van der Waals surface area contributed by atoms with Gasteiger partial charge in [0, 0.05) is 17.2 Å². The summed E-state index contributed by atoms with van der Waals surface area (Å²) in [4.78, 5) is 17.4. The molecule has 1 aliphatic carbocycles. The lowest BCUT2D eigenvalue weighted by atomic mass is 10.0. The quantitative estimate of drug-likeness (QED) is 0.528. The highest BCUT2D eigenvalue weighted by molar-refractivity contribution is 7.92. The van der Waals surface area contributed by atoms with Crippen molar-refractivity contribution in [3.05, 3.63) is 71.4 Å². The molecule has 0 spiro atoms. The molecule has 1 atom stereocenters. The second-order valence-corrected chi connectivity index (χ2v) is 10.1. The lowest BCUT2D eigenvalue weighted by Gasteiger charge is -2.18. The normalized spacial score (nSPS) is 14.9. The molecule has 1 aliphatic rings. The van der Waals surface area contributed by atoms with Crippen LogP contribution in [0.5, 0.6) is 0 Å². The van der Waals surface area contributed by atoms with E-state index in [0.717, 1.165) is 18.4 Å². The molecular weight excluding hydrogens is 428 g/mol. The van der Waals surface area contributed by atoms with Gasteiger partial charge in [-0.3, -0.25) is 9.52 Å². The van der Waals surface area contributed by atoms with Gasteiger partial charge in [-0.2, -0.15) is 4.98 Å². The predicted octanol–water partition coefficient (Wildman–Crippen LogP) is 4.18. The zero-order valence-electron chi connectivity index (χ0n) is 18.2. The summed E-state index contributed by atoms with van der Waals surface area (Å²) in [5.41, 5.74) is 1.70. The Morgan fingerprint density at radius 3 is 2.50 bits per heavy atom. The minimum absolute atomic E-state index is 0.000585. The van der Waals surface area contributed by atoms with E-state index in [1.807, 2.05) is 32.9 Å². The van der Waals surface area contributed by atoms with E-state index in [-0.39, 0.29) is 16.4 Å². The summed E-state index contributed by atoms with van der Waals surface area (Å²) in [5, 5.41) is 6.93. The van der Waals surface area contributed by atoms with Gasteiger partial charge in [0.15, 0.2) is 5.82 Å². The van der Waals surface area contributed by atoms with Gasteiger partial charge < -0.3 is 9.84 Å². The van der Waals surface area contributed by atoms with Gasteiger partial charge in [0.2, 0.25) is 5.89 Å². The maximum Gasteiger partial charge on any atom is 0.261 e. The first-order valence-corrected chi connectivity index (χ1v) is 12.0. The standard InChI is InChI=1S/C23H26N4O4S/c1-14(2)20(23-25-21(26-31-23)16-9-10-16)24-22(28)17-5-4-6-19(13-17)32(29,30)27-18-11-7-15(3)8-12-18/h4-8,11-14,16,20,27H,9-10H2,1-3H3,(H,24,28). The number of carbonyl (C=O) groups excluding carboxylic acids is 1. The Hall–Kier alpha value is -3.20. The van der Waals surface area contributed by atoms with Gasteiger partial charge >= 0.3 is 0 Å². The van der Waals surface area contributed by atoms with Gasteiger partial charge in [0.25, 0.3) is 15.9 Å². The lowest BCUT2D eigenvalue weighted by molar-refractivity contribution is 0.0913. The van der Waals surface area contributed by atoms with Crippen molar-refractivity contribution < 1.29 is 17.7 Å². The Kier molecular flexibility index (Phi) is 6.01. The molecule has 1 amide bonds. The number of benzene rings is 2. The number of nitrogens with zero attached hydrogens (tertiary/aromatic N) is 2. The zero-order valence-corrected chi connectivity index (χ0v) is 19.0. The third-order valence-electron chi connectivity index (χ3n) is 5.33. The minimum atomic E-state index is -3.85. The van der Waals surface area contributed by atoms with Crippen molar-refractivity contribution in [3.8, 4) is 0 Å². The molecular formula is C23H26N4O4S. The second kappa shape index (κ2) is 8.74. The molecule has 1 heterocycles. The van der Waals surface area contributed by atoms with Crippen LogP contribution in [-0.2, 0) is 10.0 Å². The van der Waals surface area contributed by atoms with Gasteiger partial charge in [0.1, 0.15) is 6.04 Å². The fourth-order valence-corrected chi connectivity index (χ4v) is 4.36. The highest BCUT2D eigenvalue weighted by Crippen LogP contribution is 2.38. The van der Waals surface area contributed by atoms with Crippen LogP contribution in [0, 0.1) is 12.8 Å².